The first kappa shape index (κ1) is 15.0. The Labute approximate surface area is 106 Å². The zero-order valence-corrected chi connectivity index (χ0v) is 9.95. The molecule has 0 aliphatic heterocycles. The molecule has 0 atom stereocenters. The van der Waals surface area contributed by atoms with Crippen LogP contribution in [-0.4, -0.2) is 23.9 Å². The number of nitrogens with zero attached hydrogens (tertiary/aromatic N) is 1. The maximum atomic E-state index is 12.1. The van der Waals surface area contributed by atoms with Crippen LogP contribution in [0, 0.1) is 0 Å². The molecule has 1 aromatic rings. The lowest BCUT2D eigenvalue weighted by atomic mass is 10.1. The van der Waals surface area contributed by atoms with Gasteiger partial charge in [-0.2, -0.15) is 0 Å². The number of alkyl halides is 3. The van der Waals surface area contributed by atoms with Crippen molar-refractivity contribution in [3.8, 4) is 5.88 Å². The second kappa shape index (κ2) is 5.74. The number of nitrogens with two attached hydrogens (primary N) is 2. The van der Waals surface area contributed by atoms with Gasteiger partial charge in [0.2, 0.25) is 5.88 Å². The molecule has 0 spiro atoms. The van der Waals surface area contributed by atoms with Gasteiger partial charge >= 0.3 is 12.3 Å². The summed E-state index contributed by atoms with van der Waals surface area (Å²) in [5, 5.41) is 0. The van der Waals surface area contributed by atoms with E-state index in [1.807, 2.05) is 0 Å². The predicted molar refractivity (Wildman–Crippen MR) is 59.2 cm³/mol. The van der Waals surface area contributed by atoms with Crippen molar-refractivity contribution < 1.29 is 27.4 Å². The molecular weight excluding hydrogens is 267 g/mol. The van der Waals surface area contributed by atoms with Gasteiger partial charge in [-0.25, -0.2) is 9.78 Å². The zero-order chi connectivity index (χ0) is 14.6. The number of nitrogen functional groups attached to an aromatic ring is 1. The Morgan fingerprint density at radius 1 is 1.47 bits per heavy atom. The number of carbonyl (C=O) groups is 1. The third kappa shape index (κ3) is 3.98. The van der Waals surface area contributed by atoms with Crippen LogP contribution in [-0.2, 0) is 11.3 Å². The maximum Gasteiger partial charge on any atom is 0.574 e. The van der Waals surface area contributed by atoms with E-state index in [-0.39, 0.29) is 30.1 Å². The van der Waals surface area contributed by atoms with E-state index in [9.17, 15) is 18.0 Å². The van der Waals surface area contributed by atoms with Crippen LogP contribution in [0.4, 0.5) is 18.9 Å². The van der Waals surface area contributed by atoms with Crippen molar-refractivity contribution >= 4 is 11.7 Å². The summed E-state index contributed by atoms with van der Waals surface area (Å²) in [7, 11) is 0. The van der Waals surface area contributed by atoms with Crippen molar-refractivity contribution in [1.82, 2.24) is 4.98 Å². The molecule has 0 aliphatic rings. The van der Waals surface area contributed by atoms with Gasteiger partial charge in [0.1, 0.15) is 0 Å². The second-order valence-corrected chi connectivity index (χ2v) is 3.35. The number of ether oxygens (including phenoxy) is 2. The summed E-state index contributed by atoms with van der Waals surface area (Å²) in [5.74, 6) is -1.76. The Morgan fingerprint density at radius 2 is 2.11 bits per heavy atom. The average molecular weight is 279 g/mol. The summed E-state index contributed by atoms with van der Waals surface area (Å²) in [4.78, 5) is 15.0. The monoisotopic (exact) mass is 279 g/mol. The Kier molecular flexibility index (Phi) is 4.54. The van der Waals surface area contributed by atoms with E-state index in [4.69, 9.17) is 11.5 Å². The molecule has 0 radical (unpaired) electrons. The van der Waals surface area contributed by atoms with Crippen molar-refractivity contribution in [3.05, 3.63) is 17.3 Å². The van der Waals surface area contributed by atoms with Gasteiger partial charge in [0.15, 0.2) is 5.69 Å². The first-order valence-corrected chi connectivity index (χ1v) is 5.20. The molecule has 0 saturated heterocycles. The van der Waals surface area contributed by atoms with Crippen LogP contribution in [0.15, 0.2) is 6.07 Å². The lowest BCUT2D eigenvalue weighted by molar-refractivity contribution is -0.276. The van der Waals surface area contributed by atoms with Crippen LogP contribution in [0.3, 0.4) is 0 Å². The number of carbonyl (C=O) groups excluding carboxylic acids is 1. The number of hydrogen-bond donors (Lipinski definition) is 2. The highest BCUT2D eigenvalue weighted by Gasteiger charge is 2.33. The number of pyridine rings is 1. The minimum atomic E-state index is -4.93. The number of rotatable bonds is 4. The van der Waals surface area contributed by atoms with Crippen molar-refractivity contribution in [3.63, 3.8) is 0 Å². The van der Waals surface area contributed by atoms with Gasteiger partial charge in [-0.15, -0.1) is 13.2 Å². The number of hydrogen-bond acceptors (Lipinski definition) is 6. The van der Waals surface area contributed by atoms with Crippen LogP contribution in [0.1, 0.15) is 23.0 Å². The molecular formula is C10H12F3N3O3. The number of esters is 1. The lowest BCUT2D eigenvalue weighted by Gasteiger charge is -2.13. The highest BCUT2D eigenvalue weighted by Crippen LogP contribution is 2.26. The Balaban J connectivity index is 3.22. The minimum Gasteiger partial charge on any atom is -0.461 e. The van der Waals surface area contributed by atoms with Crippen LogP contribution in [0.25, 0.3) is 0 Å². The molecule has 0 unspecified atom stereocenters. The molecule has 0 amide bonds. The smallest absolute Gasteiger partial charge is 0.461 e. The third-order valence-electron chi connectivity index (χ3n) is 2.03. The van der Waals surface area contributed by atoms with Crippen molar-refractivity contribution in [2.45, 2.75) is 19.8 Å². The normalized spacial score (nSPS) is 11.2. The van der Waals surface area contributed by atoms with E-state index in [1.54, 1.807) is 6.92 Å². The van der Waals surface area contributed by atoms with Gasteiger partial charge in [0.25, 0.3) is 0 Å². The molecule has 1 rings (SSSR count). The molecule has 0 bridgehead atoms. The highest BCUT2D eigenvalue weighted by atomic mass is 19.4. The molecule has 19 heavy (non-hydrogen) atoms. The minimum absolute atomic E-state index is 0.0365. The second-order valence-electron chi connectivity index (χ2n) is 3.35. The quantitative estimate of drug-likeness (QED) is 0.803. The molecule has 0 aliphatic carbocycles. The number of halogens is 3. The van der Waals surface area contributed by atoms with Gasteiger partial charge in [-0.05, 0) is 6.92 Å². The maximum absolute atomic E-state index is 12.1. The molecule has 1 heterocycles. The summed E-state index contributed by atoms with van der Waals surface area (Å²) in [6.07, 6.45) is -4.93. The fraction of sp³-hybridized carbons (Fsp3) is 0.400. The van der Waals surface area contributed by atoms with Crippen molar-refractivity contribution in [2.24, 2.45) is 5.73 Å². The first-order chi connectivity index (χ1) is 8.78. The first-order valence-electron chi connectivity index (χ1n) is 5.20. The van der Waals surface area contributed by atoms with Gasteiger partial charge < -0.3 is 20.9 Å². The van der Waals surface area contributed by atoms with Crippen molar-refractivity contribution in [2.75, 3.05) is 12.3 Å². The Morgan fingerprint density at radius 3 is 2.58 bits per heavy atom. The van der Waals surface area contributed by atoms with Crippen LogP contribution in [0.2, 0.25) is 0 Å². The predicted octanol–water partition coefficient (Wildman–Crippen LogP) is 1.20. The summed E-state index contributed by atoms with van der Waals surface area (Å²) in [5.41, 5.74) is 10.5. The molecule has 0 aromatic carbocycles. The van der Waals surface area contributed by atoms with E-state index < -0.39 is 18.2 Å². The largest absolute Gasteiger partial charge is 0.574 e. The van der Waals surface area contributed by atoms with Gasteiger partial charge in [0.05, 0.1) is 6.61 Å². The molecule has 1 aromatic heterocycles. The molecule has 9 heteroatoms. The number of aromatic nitrogens is 1. The average Bonchev–Trinajstić information content (AvgIpc) is 2.26. The van der Waals surface area contributed by atoms with E-state index >= 15 is 0 Å². The topological polar surface area (TPSA) is 100 Å². The third-order valence-corrected chi connectivity index (χ3v) is 2.03. The van der Waals surface area contributed by atoms with E-state index in [0.717, 1.165) is 6.07 Å². The van der Waals surface area contributed by atoms with Crippen molar-refractivity contribution in [1.29, 1.82) is 0 Å². The number of anilines is 1. The summed E-state index contributed by atoms with van der Waals surface area (Å²) < 4.78 is 44.5. The lowest BCUT2D eigenvalue weighted by Crippen LogP contribution is -2.21. The van der Waals surface area contributed by atoms with Gasteiger partial charge in [-0.3, -0.25) is 0 Å². The van der Waals surface area contributed by atoms with Gasteiger partial charge in [0, 0.05) is 23.9 Å². The summed E-state index contributed by atoms with van der Waals surface area (Å²) >= 11 is 0. The summed E-state index contributed by atoms with van der Waals surface area (Å²) in [6.45, 7) is 1.41. The van der Waals surface area contributed by atoms with Gasteiger partial charge in [-0.1, -0.05) is 0 Å². The highest BCUT2D eigenvalue weighted by molar-refractivity contribution is 5.90. The fourth-order valence-electron chi connectivity index (χ4n) is 1.32. The molecule has 4 N–H and O–H groups in total. The molecule has 6 nitrogen and oxygen atoms in total. The van der Waals surface area contributed by atoms with E-state index in [0.29, 0.717) is 0 Å². The van der Waals surface area contributed by atoms with Crippen LogP contribution in [0.5, 0.6) is 5.88 Å². The van der Waals surface area contributed by atoms with E-state index in [2.05, 4.69) is 14.5 Å². The standard InChI is InChI=1S/C10H12F3N3O3/c1-2-18-9(17)8-5(4-14)6(15)3-7(16-8)19-10(11,12)13/h3H,2,4,14H2,1H3,(H2,15,16). The Hall–Kier alpha value is -2.03. The van der Waals surface area contributed by atoms with E-state index in [1.165, 1.54) is 0 Å². The molecule has 0 saturated carbocycles. The van der Waals surface area contributed by atoms with Crippen LogP contribution < -0.4 is 16.2 Å². The summed E-state index contributed by atoms with van der Waals surface area (Å²) in [6, 6.07) is 0.846. The Bertz CT molecular complexity index is 477. The molecule has 0 fully saturated rings. The fourth-order valence-corrected chi connectivity index (χ4v) is 1.32. The molecule has 106 valence electrons. The zero-order valence-electron chi connectivity index (χ0n) is 9.95. The van der Waals surface area contributed by atoms with Crippen LogP contribution >= 0.6 is 0 Å². The SMILES string of the molecule is CCOC(=O)c1nc(OC(F)(F)F)cc(N)c1CN.